The van der Waals surface area contributed by atoms with Crippen LogP contribution in [0.2, 0.25) is 0 Å². The molecule has 0 aliphatic carbocycles. The van der Waals surface area contributed by atoms with E-state index in [1.165, 1.54) is 16.7 Å². The van der Waals surface area contributed by atoms with Crippen LogP contribution in [0, 0.1) is 0 Å². The summed E-state index contributed by atoms with van der Waals surface area (Å²) in [7, 11) is 0. The number of benzene rings is 2. The van der Waals surface area contributed by atoms with E-state index in [1.807, 2.05) is 12.1 Å². The molecule has 1 unspecified atom stereocenters. The molecule has 0 bridgehead atoms. The summed E-state index contributed by atoms with van der Waals surface area (Å²) >= 11 is 0. The van der Waals surface area contributed by atoms with E-state index in [4.69, 9.17) is 9.47 Å². The second-order valence-corrected chi connectivity index (χ2v) is 7.35. The lowest BCUT2D eigenvalue weighted by atomic mass is 9.89. The van der Waals surface area contributed by atoms with E-state index in [2.05, 4.69) is 37.3 Å². The maximum absolute atomic E-state index is 10.2. The number of hydrogen-bond donors (Lipinski definition) is 2. The fourth-order valence-corrected chi connectivity index (χ4v) is 4.15. The van der Waals surface area contributed by atoms with Crippen molar-refractivity contribution in [2.75, 3.05) is 6.61 Å². The third kappa shape index (κ3) is 3.19. The molecule has 2 heterocycles. The van der Waals surface area contributed by atoms with Crippen LogP contribution in [0.5, 0.6) is 0 Å². The van der Waals surface area contributed by atoms with E-state index in [9.17, 15) is 10.2 Å². The molecule has 26 heavy (non-hydrogen) atoms. The summed E-state index contributed by atoms with van der Waals surface area (Å²) in [6, 6.07) is 14.9. The van der Waals surface area contributed by atoms with Crippen molar-refractivity contribution in [1.29, 1.82) is 0 Å². The molecule has 4 nitrogen and oxygen atoms in total. The summed E-state index contributed by atoms with van der Waals surface area (Å²) in [5, 5.41) is 19.7. The first-order valence-electron chi connectivity index (χ1n) is 9.43. The molecule has 0 radical (unpaired) electrons. The molecule has 3 atom stereocenters. The Morgan fingerprint density at radius 3 is 2.62 bits per heavy atom. The highest BCUT2D eigenvalue weighted by Gasteiger charge is 2.48. The Hall–Kier alpha value is -1.72. The van der Waals surface area contributed by atoms with Crippen molar-refractivity contribution in [3.63, 3.8) is 0 Å². The molecule has 2 aromatic rings. The van der Waals surface area contributed by atoms with Crippen molar-refractivity contribution in [3.05, 3.63) is 70.3 Å². The number of aryl methyl sites for hydroxylation is 1. The van der Waals surface area contributed by atoms with Crippen molar-refractivity contribution in [1.82, 2.24) is 0 Å². The minimum atomic E-state index is -0.928. The van der Waals surface area contributed by atoms with Crippen LogP contribution in [0.15, 0.2) is 42.5 Å². The van der Waals surface area contributed by atoms with Gasteiger partial charge in [-0.15, -0.1) is 0 Å². The minimum absolute atomic E-state index is 0.110. The average molecular weight is 354 g/mol. The largest absolute Gasteiger partial charge is 0.394 e. The van der Waals surface area contributed by atoms with Gasteiger partial charge in [0.1, 0.15) is 0 Å². The predicted octanol–water partition coefficient (Wildman–Crippen LogP) is 3.06. The first-order chi connectivity index (χ1) is 12.6. The summed E-state index contributed by atoms with van der Waals surface area (Å²) in [4.78, 5) is 0. The van der Waals surface area contributed by atoms with Crippen molar-refractivity contribution in [2.24, 2.45) is 0 Å². The number of ether oxygens (including phenoxy) is 2. The number of aliphatic hydroxyl groups is 2. The third-order valence-electron chi connectivity index (χ3n) is 5.56. The Labute approximate surface area is 154 Å². The Balaban J connectivity index is 1.63. The third-order valence-corrected chi connectivity index (χ3v) is 5.56. The van der Waals surface area contributed by atoms with E-state index in [0.29, 0.717) is 19.4 Å². The van der Waals surface area contributed by atoms with Crippen LogP contribution in [0.25, 0.3) is 0 Å². The Kier molecular flexibility index (Phi) is 4.84. The lowest BCUT2D eigenvalue weighted by Crippen LogP contribution is -2.45. The second-order valence-electron chi connectivity index (χ2n) is 7.35. The lowest BCUT2D eigenvalue weighted by Gasteiger charge is -2.40. The van der Waals surface area contributed by atoms with Gasteiger partial charge in [-0.05, 0) is 35.1 Å². The van der Waals surface area contributed by atoms with E-state index in [1.54, 1.807) is 0 Å². The fraction of sp³-hybridized carbons (Fsp3) is 0.455. The summed E-state index contributed by atoms with van der Waals surface area (Å²) in [6.07, 6.45) is 1.82. The van der Waals surface area contributed by atoms with E-state index in [0.717, 1.165) is 24.0 Å². The maximum atomic E-state index is 10.2. The molecule has 2 aliphatic heterocycles. The van der Waals surface area contributed by atoms with Crippen molar-refractivity contribution in [3.8, 4) is 0 Å². The zero-order valence-electron chi connectivity index (χ0n) is 15.1. The van der Waals surface area contributed by atoms with Crippen LogP contribution in [0.4, 0.5) is 0 Å². The van der Waals surface area contributed by atoms with Gasteiger partial charge in [0.2, 0.25) is 0 Å². The van der Waals surface area contributed by atoms with Gasteiger partial charge in [0.05, 0.1) is 25.4 Å². The molecule has 4 heteroatoms. The monoisotopic (exact) mass is 354 g/mol. The number of aliphatic hydroxyl groups excluding tert-OH is 2. The van der Waals surface area contributed by atoms with E-state index in [-0.39, 0.29) is 6.61 Å². The van der Waals surface area contributed by atoms with Crippen LogP contribution in [0.1, 0.15) is 47.6 Å². The highest BCUT2D eigenvalue weighted by Crippen LogP contribution is 2.46. The van der Waals surface area contributed by atoms with Gasteiger partial charge in [-0.25, -0.2) is 0 Å². The highest BCUT2D eigenvalue weighted by molar-refractivity contribution is 5.43. The molecule has 4 rings (SSSR count). The summed E-state index contributed by atoms with van der Waals surface area (Å²) < 4.78 is 12.2. The Bertz CT molecular complexity index is 770. The molecular weight excluding hydrogens is 328 g/mol. The molecule has 1 saturated heterocycles. The molecule has 2 aromatic carbocycles. The molecule has 0 aromatic heterocycles. The predicted molar refractivity (Wildman–Crippen MR) is 98.7 cm³/mol. The number of hydrogen-bond acceptors (Lipinski definition) is 4. The number of rotatable bonds is 4. The normalized spacial score (nSPS) is 27.7. The quantitative estimate of drug-likeness (QED) is 0.886. The van der Waals surface area contributed by atoms with Gasteiger partial charge in [-0.1, -0.05) is 49.4 Å². The summed E-state index contributed by atoms with van der Waals surface area (Å²) in [5.41, 5.74) is 5.99. The molecule has 1 spiro atoms. The highest BCUT2D eigenvalue weighted by atomic mass is 16.7. The minimum Gasteiger partial charge on any atom is -0.394 e. The first-order valence-corrected chi connectivity index (χ1v) is 9.43. The van der Waals surface area contributed by atoms with E-state index >= 15 is 0 Å². The SMILES string of the molecule is CCc1ccc(Cc2cccc3c2CO[C@@]32CC(O)C[C@@H](CO)O2)cc1. The maximum Gasteiger partial charge on any atom is 0.198 e. The van der Waals surface area contributed by atoms with Gasteiger partial charge in [0.15, 0.2) is 5.79 Å². The summed E-state index contributed by atoms with van der Waals surface area (Å²) in [6.45, 7) is 2.53. The zero-order valence-corrected chi connectivity index (χ0v) is 15.1. The Morgan fingerprint density at radius 2 is 1.88 bits per heavy atom. The van der Waals surface area contributed by atoms with Crippen molar-refractivity contribution >= 4 is 0 Å². The van der Waals surface area contributed by atoms with Crippen molar-refractivity contribution in [2.45, 2.75) is 57.2 Å². The van der Waals surface area contributed by atoms with E-state index < -0.39 is 18.0 Å². The van der Waals surface area contributed by atoms with Gasteiger partial charge in [-0.2, -0.15) is 0 Å². The van der Waals surface area contributed by atoms with Gasteiger partial charge in [0, 0.05) is 18.4 Å². The van der Waals surface area contributed by atoms with Crippen LogP contribution in [-0.4, -0.2) is 29.0 Å². The second kappa shape index (κ2) is 7.12. The fourth-order valence-electron chi connectivity index (χ4n) is 4.15. The lowest BCUT2D eigenvalue weighted by molar-refractivity contribution is -0.302. The molecular formula is C22H26O4. The molecule has 1 fully saturated rings. The summed E-state index contributed by atoms with van der Waals surface area (Å²) in [5.74, 6) is -0.928. The average Bonchev–Trinajstić information content (AvgIpc) is 3.00. The van der Waals surface area contributed by atoms with Gasteiger partial charge in [-0.3, -0.25) is 0 Å². The van der Waals surface area contributed by atoms with Gasteiger partial charge in [0.25, 0.3) is 0 Å². The van der Waals surface area contributed by atoms with Gasteiger partial charge >= 0.3 is 0 Å². The standard InChI is InChI=1S/C22H26O4/c1-2-15-6-8-16(9-7-15)10-17-4-3-5-21-20(17)14-25-22(21)12-18(24)11-19(13-23)26-22/h3-9,18-19,23-24H,2,10-14H2,1H3/t18?,19-,22+/m0/s1. The molecule has 2 aliphatic rings. The van der Waals surface area contributed by atoms with Crippen LogP contribution in [-0.2, 0) is 34.7 Å². The van der Waals surface area contributed by atoms with Crippen LogP contribution < -0.4 is 0 Å². The molecule has 0 saturated carbocycles. The first kappa shape index (κ1) is 17.7. The molecule has 0 amide bonds. The number of fused-ring (bicyclic) bond motifs is 2. The van der Waals surface area contributed by atoms with Crippen LogP contribution >= 0.6 is 0 Å². The van der Waals surface area contributed by atoms with Crippen molar-refractivity contribution < 1.29 is 19.7 Å². The smallest absolute Gasteiger partial charge is 0.198 e. The molecule has 138 valence electrons. The topological polar surface area (TPSA) is 58.9 Å². The van der Waals surface area contributed by atoms with Gasteiger partial charge < -0.3 is 19.7 Å². The Morgan fingerprint density at radius 1 is 1.12 bits per heavy atom. The molecule has 2 N–H and O–H groups in total. The zero-order chi connectivity index (χ0) is 18.1. The van der Waals surface area contributed by atoms with Crippen LogP contribution in [0.3, 0.4) is 0 Å².